The van der Waals surface area contributed by atoms with Crippen molar-refractivity contribution in [3.05, 3.63) is 17.8 Å². The second-order valence-electron chi connectivity index (χ2n) is 5.39. The number of rotatable bonds is 3. The van der Waals surface area contributed by atoms with Gasteiger partial charge in [-0.25, -0.2) is 9.78 Å². The summed E-state index contributed by atoms with van der Waals surface area (Å²) in [5.41, 5.74) is 6.65. The molecule has 1 aromatic rings. The number of nitrogens with two attached hydrogens (primary N) is 1. The van der Waals surface area contributed by atoms with Crippen LogP contribution in [0.25, 0.3) is 0 Å². The SMILES string of the molecule is COC(=O)c1cc(N)cnc1N(C)C1CCCCCC1. The summed E-state index contributed by atoms with van der Waals surface area (Å²) in [7, 11) is 3.38. The van der Waals surface area contributed by atoms with Gasteiger partial charge < -0.3 is 15.4 Å². The summed E-state index contributed by atoms with van der Waals surface area (Å²) in [5.74, 6) is 0.276. The van der Waals surface area contributed by atoms with Gasteiger partial charge in [0.05, 0.1) is 19.0 Å². The molecule has 0 bridgehead atoms. The summed E-state index contributed by atoms with van der Waals surface area (Å²) in [5, 5.41) is 0. The van der Waals surface area contributed by atoms with E-state index < -0.39 is 0 Å². The molecule has 2 N–H and O–H groups in total. The molecule has 1 aliphatic rings. The minimum absolute atomic E-state index is 0.389. The van der Waals surface area contributed by atoms with Gasteiger partial charge in [0, 0.05) is 13.1 Å². The number of nitrogen functional groups attached to an aromatic ring is 1. The van der Waals surface area contributed by atoms with Gasteiger partial charge in [-0.1, -0.05) is 25.7 Å². The Balaban J connectivity index is 2.28. The molecule has 1 aliphatic carbocycles. The number of esters is 1. The van der Waals surface area contributed by atoms with E-state index in [-0.39, 0.29) is 5.97 Å². The van der Waals surface area contributed by atoms with Crippen LogP contribution in [0.3, 0.4) is 0 Å². The van der Waals surface area contributed by atoms with Crippen molar-refractivity contribution in [1.82, 2.24) is 4.98 Å². The number of nitrogens with zero attached hydrogens (tertiary/aromatic N) is 2. The van der Waals surface area contributed by atoms with Gasteiger partial charge in [-0.2, -0.15) is 0 Å². The van der Waals surface area contributed by atoms with Crippen LogP contribution < -0.4 is 10.6 Å². The molecule has 2 rings (SSSR count). The van der Waals surface area contributed by atoms with E-state index in [1.165, 1.54) is 32.8 Å². The molecule has 0 atom stereocenters. The van der Waals surface area contributed by atoms with E-state index >= 15 is 0 Å². The molecule has 0 aliphatic heterocycles. The first-order chi connectivity index (χ1) is 9.63. The summed E-state index contributed by atoms with van der Waals surface area (Å²) in [4.78, 5) is 18.4. The van der Waals surface area contributed by atoms with Crippen LogP contribution in [0.2, 0.25) is 0 Å². The highest BCUT2D eigenvalue weighted by Crippen LogP contribution is 2.27. The topological polar surface area (TPSA) is 68.5 Å². The summed E-state index contributed by atoms with van der Waals surface area (Å²) < 4.78 is 4.83. The van der Waals surface area contributed by atoms with Crippen LogP contribution in [0.5, 0.6) is 0 Å². The number of anilines is 2. The number of methoxy groups -OCH3 is 1. The van der Waals surface area contributed by atoms with E-state index in [0.29, 0.717) is 23.1 Å². The van der Waals surface area contributed by atoms with Crippen molar-refractivity contribution in [2.24, 2.45) is 0 Å². The van der Waals surface area contributed by atoms with Gasteiger partial charge in [-0.3, -0.25) is 0 Å². The van der Waals surface area contributed by atoms with Crippen molar-refractivity contribution >= 4 is 17.5 Å². The van der Waals surface area contributed by atoms with Gasteiger partial charge in [0.2, 0.25) is 0 Å². The Morgan fingerprint density at radius 2 is 2.00 bits per heavy atom. The highest BCUT2D eigenvalue weighted by Gasteiger charge is 2.23. The van der Waals surface area contributed by atoms with Crippen molar-refractivity contribution in [2.75, 3.05) is 24.8 Å². The van der Waals surface area contributed by atoms with Crippen molar-refractivity contribution in [3.8, 4) is 0 Å². The van der Waals surface area contributed by atoms with Crippen LogP contribution in [0.4, 0.5) is 11.5 Å². The Morgan fingerprint density at radius 1 is 1.35 bits per heavy atom. The van der Waals surface area contributed by atoms with Crippen molar-refractivity contribution in [2.45, 2.75) is 44.6 Å². The smallest absolute Gasteiger partial charge is 0.341 e. The number of hydrogen-bond donors (Lipinski definition) is 1. The standard InChI is InChI=1S/C15H23N3O2/c1-18(12-7-5-3-4-6-8-12)14-13(15(19)20-2)9-11(16)10-17-14/h9-10,12H,3-8,16H2,1-2H3. The third kappa shape index (κ3) is 3.21. The number of pyridine rings is 1. The molecule has 0 amide bonds. The molecule has 20 heavy (non-hydrogen) atoms. The Bertz CT molecular complexity index is 468. The predicted octanol–water partition coefficient (Wildman–Crippen LogP) is 2.61. The molecule has 0 radical (unpaired) electrons. The monoisotopic (exact) mass is 277 g/mol. The summed E-state index contributed by atoms with van der Waals surface area (Å²) in [6, 6.07) is 2.07. The van der Waals surface area contributed by atoms with Gasteiger partial charge in [-0.05, 0) is 18.9 Å². The lowest BCUT2D eigenvalue weighted by atomic mass is 10.1. The number of aromatic nitrogens is 1. The van der Waals surface area contributed by atoms with Crippen LogP contribution in [0.1, 0.15) is 48.9 Å². The molecule has 0 aromatic carbocycles. The average molecular weight is 277 g/mol. The number of carbonyl (C=O) groups is 1. The molecule has 1 fully saturated rings. The zero-order valence-electron chi connectivity index (χ0n) is 12.3. The first-order valence-electron chi connectivity index (χ1n) is 7.20. The van der Waals surface area contributed by atoms with Crippen molar-refractivity contribution in [1.29, 1.82) is 0 Å². The highest BCUT2D eigenvalue weighted by atomic mass is 16.5. The van der Waals surface area contributed by atoms with E-state index in [1.54, 1.807) is 12.3 Å². The molecule has 0 saturated heterocycles. The van der Waals surface area contributed by atoms with E-state index in [2.05, 4.69) is 9.88 Å². The van der Waals surface area contributed by atoms with Crippen molar-refractivity contribution in [3.63, 3.8) is 0 Å². The lowest BCUT2D eigenvalue weighted by molar-refractivity contribution is 0.0601. The molecule has 5 nitrogen and oxygen atoms in total. The Morgan fingerprint density at radius 3 is 2.60 bits per heavy atom. The summed E-state index contributed by atoms with van der Waals surface area (Å²) in [6.07, 6.45) is 8.93. The molecule has 1 heterocycles. The van der Waals surface area contributed by atoms with E-state index in [9.17, 15) is 4.79 Å². The molecule has 0 unspecified atom stereocenters. The largest absolute Gasteiger partial charge is 0.465 e. The van der Waals surface area contributed by atoms with Gasteiger partial charge in [-0.15, -0.1) is 0 Å². The number of hydrogen-bond acceptors (Lipinski definition) is 5. The highest BCUT2D eigenvalue weighted by molar-refractivity contribution is 5.95. The molecule has 1 saturated carbocycles. The Hall–Kier alpha value is -1.78. The first kappa shape index (κ1) is 14.6. The lowest BCUT2D eigenvalue weighted by Gasteiger charge is -2.29. The van der Waals surface area contributed by atoms with E-state index in [1.807, 2.05) is 7.05 Å². The second kappa shape index (κ2) is 6.59. The van der Waals surface area contributed by atoms with Crippen LogP contribution in [-0.2, 0) is 4.74 Å². The third-order valence-electron chi connectivity index (χ3n) is 4.00. The maximum atomic E-state index is 11.9. The van der Waals surface area contributed by atoms with E-state index in [4.69, 9.17) is 10.5 Å². The van der Waals surface area contributed by atoms with Gasteiger partial charge in [0.1, 0.15) is 11.4 Å². The normalized spacial score (nSPS) is 16.5. The zero-order valence-corrected chi connectivity index (χ0v) is 12.3. The number of ether oxygens (including phenoxy) is 1. The fourth-order valence-corrected chi connectivity index (χ4v) is 2.83. The minimum atomic E-state index is -0.389. The lowest BCUT2D eigenvalue weighted by Crippen LogP contribution is -2.33. The maximum Gasteiger partial charge on any atom is 0.341 e. The molecule has 5 heteroatoms. The Kier molecular flexibility index (Phi) is 4.82. The van der Waals surface area contributed by atoms with Crippen LogP contribution in [-0.4, -0.2) is 31.2 Å². The van der Waals surface area contributed by atoms with Crippen LogP contribution in [0.15, 0.2) is 12.3 Å². The first-order valence-corrected chi connectivity index (χ1v) is 7.20. The average Bonchev–Trinajstić information content (AvgIpc) is 2.74. The molecular formula is C15H23N3O2. The van der Waals surface area contributed by atoms with Crippen LogP contribution >= 0.6 is 0 Å². The quantitative estimate of drug-likeness (QED) is 0.679. The minimum Gasteiger partial charge on any atom is -0.465 e. The van der Waals surface area contributed by atoms with Gasteiger partial charge in [0.15, 0.2) is 0 Å². The molecule has 1 aromatic heterocycles. The molecule has 0 spiro atoms. The van der Waals surface area contributed by atoms with Crippen LogP contribution in [0, 0.1) is 0 Å². The van der Waals surface area contributed by atoms with Crippen molar-refractivity contribution < 1.29 is 9.53 Å². The van der Waals surface area contributed by atoms with Gasteiger partial charge in [0.25, 0.3) is 0 Å². The third-order valence-corrected chi connectivity index (χ3v) is 4.00. The fraction of sp³-hybridized carbons (Fsp3) is 0.600. The fourth-order valence-electron chi connectivity index (χ4n) is 2.83. The summed E-state index contributed by atoms with van der Waals surface area (Å²) >= 11 is 0. The number of carbonyl (C=O) groups excluding carboxylic acids is 1. The second-order valence-corrected chi connectivity index (χ2v) is 5.39. The van der Waals surface area contributed by atoms with E-state index in [0.717, 1.165) is 12.8 Å². The summed E-state index contributed by atoms with van der Waals surface area (Å²) in [6.45, 7) is 0. The van der Waals surface area contributed by atoms with Gasteiger partial charge >= 0.3 is 5.97 Å². The maximum absolute atomic E-state index is 11.9. The molecule has 110 valence electrons. The predicted molar refractivity (Wildman–Crippen MR) is 79.9 cm³/mol. The molecular weight excluding hydrogens is 254 g/mol. The zero-order chi connectivity index (χ0) is 14.5. The Labute approximate surface area is 120 Å².